The van der Waals surface area contributed by atoms with Crippen molar-refractivity contribution in [2.45, 2.75) is 68.2 Å². The predicted molar refractivity (Wildman–Crippen MR) is 99.6 cm³/mol. The van der Waals surface area contributed by atoms with Crippen molar-refractivity contribution >= 4 is 5.71 Å². The first kappa shape index (κ1) is 21.9. The van der Waals surface area contributed by atoms with Gasteiger partial charge < -0.3 is 0 Å². The van der Waals surface area contributed by atoms with E-state index in [0.717, 1.165) is 13.0 Å². The van der Waals surface area contributed by atoms with Gasteiger partial charge in [0.2, 0.25) is 0 Å². The molecule has 0 saturated heterocycles. The van der Waals surface area contributed by atoms with Crippen LogP contribution in [0.5, 0.6) is 0 Å². The van der Waals surface area contributed by atoms with Gasteiger partial charge in [-0.25, -0.2) is 0 Å². The molecule has 0 aromatic heterocycles. The largest absolute Gasteiger partial charge is 0.284 e. The summed E-state index contributed by atoms with van der Waals surface area (Å²) in [5.74, 6) is 0. The van der Waals surface area contributed by atoms with Gasteiger partial charge >= 0.3 is 0 Å². The van der Waals surface area contributed by atoms with E-state index in [1.807, 2.05) is 41.5 Å². The van der Waals surface area contributed by atoms with E-state index in [9.17, 15) is 0 Å². The Hall–Kier alpha value is -1.37. The zero-order chi connectivity index (χ0) is 15.4. The van der Waals surface area contributed by atoms with Crippen LogP contribution in [0.1, 0.15) is 72.9 Å². The van der Waals surface area contributed by atoms with E-state index in [1.165, 1.54) is 35.3 Å². The Labute approximate surface area is 133 Å². The molecule has 1 aliphatic carbocycles. The Bertz CT molecular complexity index is 427. The molecule has 0 fully saturated rings. The van der Waals surface area contributed by atoms with Gasteiger partial charge in [0.25, 0.3) is 0 Å². The molecule has 0 atom stereocenters. The van der Waals surface area contributed by atoms with Gasteiger partial charge in [-0.2, -0.15) is 0 Å². The zero-order valence-corrected chi connectivity index (χ0v) is 14.2. The minimum absolute atomic E-state index is 0. The van der Waals surface area contributed by atoms with Crippen LogP contribution in [0.3, 0.4) is 0 Å². The lowest BCUT2D eigenvalue weighted by Crippen LogP contribution is -1.97. The fourth-order valence-electron chi connectivity index (χ4n) is 2.28. The molecule has 0 radical (unpaired) electrons. The summed E-state index contributed by atoms with van der Waals surface area (Å²) in [5.41, 5.74) is 5.52. The molecule has 0 spiro atoms. The molecule has 3 rings (SSSR count). The third-order valence-electron chi connectivity index (χ3n) is 2.98. The molecule has 1 aromatic rings. The molecule has 2 aliphatic rings. The van der Waals surface area contributed by atoms with Crippen molar-refractivity contribution in [1.82, 2.24) is 0 Å². The van der Waals surface area contributed by atoms with Gasteiger partial charge in [0.05, 0.1) is 5.71 Å². The molecule has 0 N–H and O–H groups in total. The van der Waals surface area contributed by atoms with Crippen LogP contribution in [0.2, 0.25) is 0 Å². The molecule has 1 nitrogen and oxygen atoms in total. The number of fused-ring (bicyclic) bond motifs is 3. The first-order valence-electron chi connectivity index (χ1n) is 8.27. The van der Waals surface area contributed by atoms with Gasteiger partial charge in [0.1, 0.15) is 0 Å². The van der Waals surface area contributed by atoms with E-state index >= 15 is 0 Å². The number of allylic oxidation sites excluding steroid dienone is 2. The third-order valence-corrected chi connectivity index (χ3v) is 2.98. The molecule has 21 heavy (non-hydrogen) atoms. The second-order valence-electron chi connectivity index (χ2n) is 3.94. The zero-order valence-electron chi connectivity index (χ0n) is 14.2. The molecule has 0 unspecified atom stereocenters. The van der Waals surface area contributed by atoms with Crippen molar-refractivity contribution in [3.8, 4) is 0 Å². The van der Waals surface area contributed by atoms with Gasteiger partial charge in [-0.05, 0) is 30.4 Å². The lowest BCUT2D eigenvalue weighted by atomic mass is 10.1. The summed E-state index contributed by atoms with van der Waals surface area (Å²) in [4.78, 5) is 4.67. The highest BCUT2D eigenvalue weighted by atomic mass is 14.7. The van der Waals surface area contributed by atoms with E-state index in [0.29, 0.717) is 0 Å². The number of nitrogens with zero attached hydrogens (tertiary/aromatic N) is 1. The lowest BCUT2D eigenvalue weighted by Gasteiger charge is -1.98. The van der Waals surface area contributed by atoms with Crippen LogP contribution in [0.4, 0.5) is 0 Å². The second-order valence-corrected chi connectivity index (χ2v) is 3.94. The molecule has 0 amide bonds. The van der Waals surface area contributed by atoms with Crippen molar-refractivity contribution in [3.63, 3.8) is 0 Å². The van der Waals surface area contributed by atoms with Gasteiger partial charge in [-0.3, -0.25) is 4.99 Å². The summed E-state index contributed by atoms with van der Waals surface area (Å²) in [6.07, 6.45) is 5.85. The quantitative estimate of drug-likeness (QED) is 0.519. The number of hydrogen-bond acceptors (Lipinski definition) is 1. The van der Waals surface area contributed by atoms with Crippen molar-refractivity contribution in [3.05, 3.63) is 47.0 Å². The summed E-state index contributed by atoms with van der Waals surface area (Å²) < 4.78 is 0. The van der Waals surface area contributed by atoms with Gasteiger partial charge in [0, 0.05) is 12.1 Å². The van der Waals surface area contributed by atoms with Gasteiger partial charge in [-0.15, -0.1) is 0 Å². The van der Waals surface area contributed by atoms with E-state index in [2.05, 4.69) is 35.3 Å². The van der Waals surface area contributed by atoms with Crippen LogP contribution < -0.4 is 0 Å². The van der Waals surface area contributed by atoms with Crippen LogP contribution in [0, 0.1) is 0 Å². The molecule has 1 heteroatoms. The first-order valence-corrected chi connectivity index (χ1v) is 8.27. The molecule has 1 aliphatic heterocycles. The molecule has 0 bridgehead atoms. The third kappa shape index (κ3) is 5.87. The topological polar surface area (TPSA) is 12.4 Å². The molecular weight excluding hydrogens is 254 g/mol. The van der Waals surface area contributed by atoms with Gasteiger partial charge in [-0.1, -0.05) is 79.3 Å². The standard InChI is InChI=1S/C13H13N.3C2H6.CH4/c1-2-7-12-10(5-1)9-11-6-3-4-8-14-13(11)12;3*1-2;/h1-2,5-7H,3-4,8-9H2;3*1-2H3;1H4. The minimum Gasteiger partial charge on any atom is -0.284 e. The van der Waals surface area contributed by atoms with Crippen LogP contribution >= 0.6 is 0 Å². The summed E-state index contributed by atoms with van der Waals surface area (Å²) in [7, 11) is 0. The van der Waals surface area contributed by atoms with E-state index in [1.54, 1.807) is 0 Å². The Morgan fingerprint density at radius 3 is 2.19 bits per heavy atom. The number of rotatable bonds is 0. The highest BCUT2D eigenvalue weighted by Gasteiger charge is 2.22. The van der Waals surface area contributed by atoms with Crippen molar-refractivity contribution < 1.29 is 0 Å². The molecule has 1 heterocycles. The lowest BCUT2D eigenvalue weighted by molar-refractivity contribution is 0.863. The Kier molecular flexibility index (Phi) is 14.2. The fraction of sp³-hybridized carbons (Fsp3) is 0.550. The highest BCUT2D eigenvalue weighted by molar-refractivity contribution is 6.16. The van der Waals surface area contributed by atoms with E-state index in [4.69, 9.17) is 0 Å². The molecule has 120 valence electrons. The average molecular weight is 290 g/mol. The number of benzene rings is 1. The van der Waals surface area contributed by atoms with Crippen LogP contribution in [-0.2, 0) is 6.42 Å². The highest BCUT2D eigenvalue weighted by Crippen LogP contribution is 2.28. The molecule has 1 aromatic carbocycles. The van der Waals surface area contributed by atoms with E-state index < -0.39 is 0 Å². The maximum Gasteiger partial charge on any atom is 0.0681 e. The average Bonchev–Trinajstić information content (AvgIpc) is 2.74. The molecular formula is C20H35N. The minimum atomic E-state index is 0. The summed E-state index contributed by atoms with van der Waals surface area (Å²) in [6.45, 7) is 13.0. The van der Waals surface area contributed by atoms with Crippen LogP contribution in [-0.4, -0.2) is 12.3 Å². The summed E-state index contributed by atoms with van der Waals surface area (Å²) in [5, 5.41) is 0. The first-order chi connectivity index (χ1) is 9.95. The summed E-state index contributed by atoms with van der Waals surface area (Å²) in [6, 6.07) is 8.63. The molecule has 0 saturated carbocycles. The Balaban J connectivity index is 0. The number of aliphatic imine (C=N–C) groups is 1. The SMILES string of the molecule is C.C1=C2Cc3ccccc3C2=NCCC1.CC.CC.CC. The maximum absolute atomic E-state index is 4.67. The van der Waals surface area contributed by atoms with E-state index in [-0.39, 0.29) is 7.43 Å². The van der Waals surface area contributed by atoms with Crippen LogP contribution in [0.25, 0.3) is 0 Å². The fourth-order valence-corrected chi connectivity index (χ4v) is 2.28. The second kappa shape index (κ2) is 13.6. The number of hydrogen-bond donors (Lipinski definition) is 0. The predicted octanol–water partition coefficient (Wildman–Crippen LogP) is 6.47. The Morgan fingerprint density at radius 2 is 1.52 bits per heavy atom. The smallest absolute Gasteiger partial charge is 0.0681 e. The van der Waals surface area contributed by atoms with Crippen molar-refractivity contribution in [2.75, 3.05) is 6.54 Å². The van der Waals surface area contributed by atoms with Crippen LogP contribution in [0.15, 0.2) is 40.9 Å². The van der Waals surface area contributed by atoms with Crippen molar-refractivity contribution in [2.24, 2.45) is 4.99 Å². The monoisotopic (exact) mass is 289 g/mol. The van der Waals surface area contributed by atoms with Gasteiger partial charge in [0.15, 0.2) is 0 Å². The Morgan fingerprint density at radius 1 is 0.905 bits per heavy atom. The maximum atomic E-state index is 4.67. The normalized spacial score (nSPS) is 13.6. The van der Waals surface area contributed by atoms with Crippen molar-refractivity contribution in [1.29, 1.82) is 0 Å². The summed E-state index contributed by atoms with van der Waals surface area (Å²) >= 11 is 0.